The summed E-state index contributed by atoms with van der Waals surface area (Å²) in [6, 6.07) is 11.7. The van der Waals surface area contributed by atoms with Crippen molar-refractivity contribution in [2.75, 3.05) is 39.6 Å². The Balaban J connectivity index is 1.38. The van der Waals surface area contributed by atoms with Crippen molar-refractivity contribution in [3.05, 3.63) is 53.1 Å². The minimum atomic E-state index is 0.0646. The van der Waals surface area contributed by atoms with Crippen LogP contribution in [0.1, 0.15) is 34.3 Å². The maximum Gasteiger partial charge on any atom is 0.254 e. The van der Waals surface area contributed by atoms with Crippen LogP contribution in [0.2, 0.25) is 0 Å². The number of carbonyl (C=O) groups excluding carboxylic acids is 1. The molecule has 0 radical (unpaired) electrons. The highest BCUT2D eigenvalue weighted by atomic mass is 16.7. The highest BCUT2D eigenvalue weighted by Crippen LogP contribution is 2.36. The van der Waals surface area contributed by atoms with Crippen LogP contribution in [0.3, 0.4) is 0 Å². The summed E-state index contributed by atoms with van der Waals surface area (Å²) in [6.45, 7) is 5.57. The molecule has 0 saturated carbocycles. The van der Waals surface area contributed by atoms with E-state index in [1.54, 1.807) is 4.90 Å². The summed E-state index contributed by atoms with van der Waals surface area (Å²) in [5, 5.41) is 0. The van der Waals surface area contributed by atoms with Gasteiger partial charge in [0.1, 0.15) is 5.75 Å². The fraction of sp³-hybridized carbons (Fsp3) is 0.435. The first-order valence-electron chi connectivity index (χ1n) is 10.5. The second kappa shape index (κ2) is 7.95. The zero-order chi connectivity index (χ0) is 19.6. The van der Waals surface area contributed by atoms with Crippen molar-refractivity contribution in [1.29, 1.82) is 0 Å². The van der Waals surface area contributed by atoms with Gasteiger partial charge in [-0.2, -0.15) is 0 Å². The summed E-state index contributed by atoms with van der Waals surface area (Å²) in [5.74, 6) is 2.49. The van der Waals surface area contributed by atoms with Crippen LogP contribution >= 0.6 is 0 Å². The molecule has 3 aliphatic rings. The summed E-state index contributed by atoms with van der Waals surface area (Å²) in [4.78, 5) is 17.0. The van der Waals surface area contributed by atoms with E-state index in [9.17, 15) is 4.79 Å². The number of amides is 1. The lowest BCUT2D eigenvalue weighted by molar-refractivity contribution is -0.886. The van der Waals surface area contributed by atoms with Crippen LogP contribution in [-0.2, 0) is 13.0 Å². The van der Waals surface area contributed by atoms with Crippen molar-refractivity contribution in [2.24, 2.45) is 0 Å². The quantitative estimate of drug-likeness (QED) is 0.809. The molecule has 0 aromatic heterocycles. The van der Waals surface area contributed by atoms with E-state index in [4.69, 9.17) is 14.2 Å². The van der Waals surface area contributed by atoms with Gasteiger partial charge in [0.25, 0.3) is 5.91 Å². The van der Waals surface area contributed by atoms with Gasteiger partial charge in [-0.25, -0.2) is 0 Å². The van der Waals surface area contributed by atoms with Gasteiger partial charge in [0.05, 0.1) is 39.3 Å². The number of quaternary nitrogens is 1. The van der Waals surface area contributed by atoms with Crippen molar-refractivity contribution < 1.29 is 23.9 Å². The fourth-order valence-electron chi connectivity index (χ4n) is 4.49. The van der Waals surface area contributed by atoms with E-state index in [1.165, 1.54) is 25.9 Å². The van der Waals surface area contributed by atoms with Crippen molar-refractivity contribution in [1.82, 2.24) is 4.90 Å². The predicted octanol–water partition coefficient (Wildman–Crippen LogP) is 1.67. The monoisotopic (exact) mass is 395 g/mol. The number of fused-ring (bicyclic) bond motifs is 2. The van der Waals surface area contributed by atoms with Crippen LogP contribution < -0.4 is 19.1 Å². The number of para-hydroxylation sites is 1. The predicted molar refractivity (Wildman–Crippen MR) is 108 cm³/mol. The highest BCUT2D eigenvalue weighted by Gasteiger charge is 2.25. The average Bonchev–Trinajstić information content (AvgIpc) is 3.51. The van der Waals surface area contributed by atoms with Gasteiger partial charge in [0.15, 0.2) is 11.5 Å². The molecule has 5 rings (SSSR count). The topological polar surface area (TPSA) is 52.4 Å². The molecule has 0 unspecified atom stereocenters. The Labute approximate surface area is 171 Å². The molecule has 1 N–H and O–H groups in total. The van der Waals surface area contributed by atoms with Crippen molar-refractivity contribution in [3.63, 3.8) is 0 Å². The lowest BCUT2D eigenvalue weighted by atomic mass is 10.1. The summed E-state index contributed by atoms with van der Waals surface area (Å²) in [5.41, 5.74) is 2.85. The zero-order valence-electron chi connectivity index (χ0n) is 16.6. The lowest BCUT2D eigenvalue weighted by Gasteiger charge is -2.25. The van der Waals surface area contributed by atoms with E-state index in [0.717, 1.165) is 53.4 Å². The molecule has 6 nitrogen and oxygen atoms in total. The minimum Gasteiger partial charge on any atom is -0.493 e. The van der Waals surface area contributed by atoms with Gasteiger partial charge < -0.3 is 24.0 Å². The van der Waals surface area contributed by atoms with Crippen LogP contribution in [0.25, 0.3) is 0 Å². The number of nitrogens with one attached hydrogen (secondary N) is 1. The van der Waals surface area contributed by atoms with E-state index >= 15 is 0 Å². The second-order valence-corrected chi connectivity index (χ2v) is 8.01. The number of hydrogen-bond donors (Lipinski definition) is 1. The molecular formula is C23H27N2O4+. The Bertz CT molecular complexity index is 908. The van der Waals surface area contributed by atoms with Crippen LogP contribution in [0, 0.1) is 0 Å². The van der Waals surface area contributed by atoms with Crippen molar-refractivity contribution >= 4 is 5.91 Å². The van der Waals surface area contributed by atoms with Gasteiger partial charge in [0.2, 0.25) is 6.79 Å². The van der Waals surface area contributed by atoms with Crippen LogP contribution in [0.4, 0.5) is 0 Å². The molecule has 0 aliphatic carbocycles. The molecule has 2 aromatic rings. The first kappa shape index (κ1) is 18.3. The van der Waals surface area contributed by atoms with Crippen LogP contribution in [-0.4, -0.2) is 50.4 Å². The molecule has 0 bridgehead atoms. The molecular weight excluding hydrogens is 368 g/mol. The molecule has 0 spiro atoms. The maximum absolute atomic E-state index is 13.5. The van der Waals surface area contributed by atoms with E-state index in [0.29, 0.717) is 13.2 Å². The first-order chi connectivity index (χ1) is 14.3. The third-order valence-corrected chi connectivity index (χ3v) is 6.11. The van der Waals surface area contributed by atoms with Crippen molar-refractivity contribution in [2.45, 2.75) is 25.8 Å². The second-order valence-electron chi connectivity index (χ2n) is 8.01. The molecule has 1 fully saturated rings. The molecule has 2 aromatic carbocycles. The number of nitrogens with zero attached hydrogens (tertiary/aromatic N) is 1. The number of ether oxygens (including phenoxy) is 3. The highest BCUT2D eigenvalue weighted by molar-refractivity contribution is 5.94. The van der Waals surface area contributed by atoms with Gasteiger partial charge in [0, 0.05) is 30.4 Å². The van der Waals surface area contributed by atoms with Gasteiger partial charge in [-0.15, -0.1) is 0 Å². The number of hydrogen-bond acceptors (Lipinski definition) is 4. The number of likely N-dealkylation sites (tertiary alicyclic amines) is 1. The Morgan fingerprint density at radius 2 is 1.93 bits per heavy atom. The Morgan fingerprint density at radius 3 is 2.83 bits per heavy atom. The normalized spacial score (nSPS) is 17.2. The molecule has 152 valence electrons. The average molecular weight is 395 g/mol. The molecule has 0 atom stereocenters. The Morgan fingerprint density at radius 1 is 1.03 bits per heavy atom. The summed E-state index contributed by atoms with van der Waals surface area (Å²) >= 11 is 0. The largest absolute Gasteiger partial charge is 0.493 e. The van der Waals surface area contributed by atoms with E-state index in [1.807, 2.05) is 41.3 Å². The van der Waals surface area contributed by atoms with E-state index in [-0.39, 0.29) is 12.7 Å². The van der Waals surface area contributed by atoms with Crippen molar-refractivity contribution in [3.8, 4) is 17.2 Å². The fourth-order valence-corrected chi connectivity index (χ4v) is 4.49. The molecule has 1 amide bonds. The number of rotatable bonds is 6. The zero-order valence-corrected chi connectivity index (χ0v) is 16.6. The molecule has 3 heterocycles. The summed E-state index contributed by atoms with van der Waals surface area (Å²) in [7, 11) is 0. The number of benzene rings is 2. The third kappa shape index (κ3) is 3.77. The SMILES string of the molecule is O=C(c1ccc2c(c1)CCO2)N(CC[NH+]1CCCC1)Cc1cccc2c1OCO2. The minimum absolute atomic E-state index is 0.0646. The first-order valence-corrected chi connectivity index (χ1v) is 10.5. The molecule has 3 aliphatic heterocycles. The third-order valence-electron chi connectivity index (χ3n) is 6.11. The maximum atomic E-state index is 13.5. The van der Waals surface area contributed by atoms with Gasteiger partial charge in [-0.3, -0.25) is 4.79 Å². The van der Waals surface area contributed by atoms with Gasteiger partial charge in [-0.1, -0.05) is 12.1 Å². The summed E-state index contributed by atoms with van der Waals surface area (Å²) < 4.78 is 16.8. The van der Waals surface area contributed by atoms with E-state index in [2.05, 4.69) is 0 Å². The lowest BCUT2D eigenvalue weighted by Crippen LogP contribution is -3.10. The van der Waals surface area contributed by atoms with Gasteiger partial charge in [-0.05, 0) is 29.8 Å². The standard InChI is InChI=1S/C23H26N2O4/c26-23(18-6-7-20-17(14-18)8-13-27-20)25(12-11-24-9-1-2-10-24)15-19-4-3-5-21-22(19)29-16-28-21/h3-7,14H,1-2,8-13,15-16H2/p+1. The Hall–Kier alpha value is -2.73. The van der Waals surface area contributed by atoms with Crippen LogP contribution in [0.15, 0.2) is 36.4 Å². The summed E-state index contributed by atoms with van der Waals surface area (Å²) in [6.07, 6.45) is 3.43. The Kier molecular flexibility index (Phi) is 5.02. The molecule has 1 saturated heterocycles. The number of carbonyl (C=O) groups is 1. The van der Waals surface area contributed by atoms with Gasteiger partial charge >= 0.3 is 0 Å². The smallest absolute Gasteiger partial charge is 0.254 e. The van der Waals surface area contributed by atoms with Crippen LogP contribution in [0.5, 0.6) is 17.2 Å². The van der Waals surface area contributed by atoms with E-state index < -0.39 is 0 Å². The molecule has 6 heteroatoms. The molecule has 29 heavy (non-hydrogen) atoms.